The molecule has 2 rings (SSSR count). The van der Waals surface area contributed by atoms with Crippen molar-refractivity contribution in [2.45, 2.75) is 19.8 Å². The number of carboxylic acids is 1. The number of hydrogen-bond acceptors (Lipinski definition) is 3. The van der Waals surface area contributed by atoms with Gasteiger partial charge in [-0.25, -0.2) is 4.39 Å². The highest BCUT2D eigenvalue weighted by Gasteiger charge is 2.30. The third-order valence-electron chi connectivity index (χ3n) is 3.54. The van der Waals surface area contributed by atoms with Crippen LogP contribution in [0.1, 0.15) is 30.1 Å². The summed E-state index contributed by atoms with van der Waals surface area (Å²) in [6.45, 7) is 2.59. The van der Waals surface area contributed by atoms with E-state index in [4.69, 9.17) is 9.84 Å². The molecule has 0 unspecified atom stereocenters. The fourth-order valence-corrected chi connectivity index (χ4v) is 2.50. The number of carbonyl (C=O) groups excluding carboxylic acids is 1. The number of benzene rings is 1. The van der Waals surface area contributed by atoms with Gasteiger partial charge < -0.3 is 14.7 Å². The summed E-state index contributed by atoms with van der Waals surface area (Å²) in [5.74, 6) is -2.51. The first-order valence-electron chi connectivity index (χ1n) is 6.98. The molecule has 0 aromatic heterocycles. The normalized spacial score (nSPS) is 18.4. The molecule has 6 heteroatoms. The maximum atomic E-state index is 13.8. The number of aliphatic carboxylic acids is 1. The Morgan fingerprint density at radius 2 is 2.24 bits per heavy atom. The molecule has 1 atom stereocenters. The van der Waals surface area contributed by atoms with Gasteiger partial charge in [0.25, 0.3) is 5.91 Å². The monoisotopic (exact) mass is 295 g/mol. The first-order chi connectivity index (χ1) is 10.0. The Labute approximate surface area is 122 Å². The summed E-state index contributed by atoms with van der Waals surface area (Å²) in [7, 11) is 0. The SMILES string of the molecule is CCOc1c(F)cccc1C(=O)N1CCC[C@@H](C(=O)O)C1. The molecular formula is C15H18FNO4. The lowest BCUT2D eigenvalue weighted by Crippen LogP contribution is -2.42. The van der Waals surface area contributed by atoms with Crippen molar-refractivity contribution in [3.05, 3.63) is 29.6 Å². The van der Waals surface area contributed by atoms with Crippen LogP contribution in [-0.2, 0) is 4.79 Å². The van der Waals surface area contributed by atoms with Crippen LogP contribution in [0, 0.1) is 11.7 Å². The van der Waals surface area contributed by atoms with E-state index in [0.717, 1.165) is 0 Å². The summed E-state index contributed by atoms with van der Waals surface area (Å²) >= 11 is 0. The highest BCUT2D eigenvalue weighted by Crippen LogP contribution is 2.26. The van der Waals surface area contributed by atoms with E-state index >= 15 is 0 Å². The van der Waals surface area contributed by atoms with Crippen LogP contribution >= 0.6 is 0 Å². The minimum absolute atomic E-state index is 0.0672. The Morgan fingerprint density at radius 1 is 1.48 bits per heavy atom. The van der Waals surface area contributed by atoms with E-state index in [-0.39, 0.29) is 30.4 Å². The number of hydrogen-bond donors (Lipinski definition) is 1. The summed E-state index contributed by atoms with van der Waals surface area (Å²) in [4.78, 5) is 25.0. The number of para-hydroxylation sites is 1. The third-order valence-corrected chi connectivity index (χ3v) is 3.54. The highest BCUT2D eigenvalue weighted by molar-refractivity contribution is 5.97. The second-order valence-corrected chi connectivity index (χ2v) is 4.98. The van der Waals surface area contributed by atoms with Gasteiger partial charge in [0.15, 0.2) is 11.6 Å². The smallest absolute Gasteiger partial charge is 0.308 e. The third kappa shape index (κ3) is 3.32. The molecule has 1 N–H and O–H groups in total. The number of rotatable bonds is 4. The van der Waals surface area contributed by atoms with E-state index in [1.165, 1.54) is 23.1 Å². The van der Waals surface area contributed by atoms with Crippen LogP contribution in [0.3, 0.4) is 0 Å². The number of carboxylic acid groups (broad SMARTS) is 1. The van der Waals surface area contributed by atoms with Crippen molar-refractivity contribution >= 4 is 11.9 Å². The Hall–Kier alpha value is -2.11. The van der Waals surface area contributed by atoms with Gasteiger partial charge in [-0.1, -0.05) is 6.07 Å². The average molecular weight is 295 g/mol. The van der Waals surface area contributed by atoms with E-state index < -0.39 is 17.7 Å². The molecule has 0 aliphatic carbocycles. The molecule has 1 aromatic carbocycles. The number of ether oxygens (including phenoxy) is 1. The van der Waals surface area contributed by atoms with Crippen LogP contribution in [0.15, 0.2) is 18.2 Å². The van der Waals surface area contributed by atoms with Crippen LogP contribution in [0.2, 0.25) is 0 Å². The largest absolute Gasteiger partial charge is 0.490 e. The van der Waals surface area contributed by atoms with Crippen molar-refractivity contribution in [3.63, 3.8) is 0 Å². The van der Waals surface area contributed by atoms with E-state index in [2.05, 4.69) is 0 Å². The number of piperidine rings is 1. The first kappa shape index (κ1) is 15.3. The van der Waals surface area contributed by atoms with E-state index in [9.17, 15) is 14.0 Å². The zero-order valence-corrected chi connectivity index (χ0v) is 11.8. The van der Waals surface area contributed by atoms with Crippen LogP contribution in [0.4, 0.5) is 4.39 Å². The molecule has 1 aliphatic rings. The van der Waals surface area contributed by atoms with Gasteiger partial charge in [0, 0.05) is 13.1 Å². The maximum Gasteiger partial charge on any atom is 0.308 e. The predicted molar refractivity (Wildman–Crippen MR) is 73.8 cm³/mol. The number of nitrogens with zero attached hydrogens (tertiary/aromatic N) is 1. The molecule has 0 bridgehead atoms. The quantitative estimate of drug-likeness (QED) is 0.924. The molecule has 1 fully saturated rings. The lowest BCUT2D eigenvalue weighted by Gasteiger charge is -2.31. The second kappa shape index (κ2) is 6.56. The van der Waals surface area contributed by atoms with Gasteiger partial charge in [0.1, 0.15) is 0 Å². The van der Waals surface area contributed by atoms with Gasteiger partial charge >= 0.3 is 5.97 Å². The fourth-order valence-electron chi connectivity index (χ4n) is 2.50. The Kier molecular flexibility index (Phi) is 4.77. The number of carbonyl (C=O) groups is 2. The molecule has 21 heavy (non-hydrogen) atoms. The Bertz CT molecular complexity index is 546. The Balaban J connectivity index is 2.23. The molecule has 114 valence electrons. The summed E-state index contributed by atoms with van der Waals surface area (Å²) in [6, 6.07) is 4.18. The maximum absolute atomic E-state index is 13.8. The zero-order chi connectivity index (χ0) is 15.4. The van der Waals surface area contributed by atoms with Gasteiger partial charge in [0.05, 0.1) is 18.1 Å². The molecule has 1 saturated heterocycles. The summed E-state index contributed by atoms with van der Waals surface area (Å²) in [5.41, 5.74) is 0.142. The molecule has 0 saturated carbocycles. The standard InChI is InChI=1S/C15H18FNO4/c1-2-21-13-11(6-3-7-12(13)16)14(18)17-8-4-5-10(9-17)15(19)20/h3,6-7,10H,2,4-5,8-9H2,1H3,(H,19,20)/t10-/m1/s1. The topological polar surface area (TPSA) is 66.8 Å². The molecule has 1 amide bonds. The van der Waals surface area contributed by atoms with Crippen molar-refractivity contribution < 1.29 is 23.8 Å². The zero-order valence-electron chi connectivity index (χ0n) is 11.8. The van der Waals surface area contributed by atoms with Gasteiger partial charge in [-0.05, 0) is 31.9 Å². The van der Waals surface area contributed by atoms with Crippen molar-refractivity contribution in [1.29, 1.82) is 0 Å². The summed E-state index contributed by atoms with van der Waals surface area (Å²) in [6.07, 6.45) is 1.18. The molecule has 5 nitrogen and oxygen atoms in total. The fraction of sp³-hybridized carbons (Fsp3) is 0.467. The molecule has 1 aromatic rings. The van der Waals surface area contributed by atoms with Gasteiger partial charge in [-0.15, -0.1) is 0 Å². The Morgan fingerprint density at radius 3 is 2.90 bits per heavy atom. The van der Waals surface area contributed by atoms with Crippen LogP contribution < -0.4 is 4.74 Å². The minimum Gasteiger partial charge on any atom is -0.490 e. The first-order valence-corrected chi connectivity index (χ1v) is 6.98. The average Bonchev–Trinajstić information content (AvgIpc) is 2.49. The van der Waals surface area contributed by atoms with Gasteiger partial charge in [0.2, 0.25) is 0 Å². The number of amides is 1. The second-order valence-electron chi connectivity index (χ2n) is 4.98. The molecule has 0 radical (unpaired) electrons. The molecular weight excluding hydrogens is 277 g/mol. The predicted octanol–water partition coefficient (Wildman–Crippen LogP) is 2.16. The van der Waals surface area contributed by atoms with Crippen molar-refractivity contribution in [3.8, 4) is 5.75 Å². The minimum atomic E-state index is -0.906. The lowest BCUT2D eigenvalue weighted by atomic mass is 9.97. The molecule has 1 aliphatic heterocycles. The van der Waals surface area contributed by atoms with Crippen molar-refractivity contribution in [1.82, 2.24) is 4.90 Å². The van der Waals surface area contributed by atoms with Crippen molar-refractivity contribution in [2.75, 3.05) is 19.7 Å². The van der Waals surface area contributed by atoms with Crippen molar-refractivity contribution in [2.24, 2.45) is 5.92 Å². The van der Waals surface area contributed by atoms with Gasteiger partial charge in [-0.3, -0.25) is 9.59 Å². The van der Waals surface area contributed by atoms with E-state index in [1.54, 1.807) is 6.92 Å². The number of halogens is 1. The van der Waals surface area contributed by atoms with E-state index in [0.29, 0.717) is 19.4 Å². The highest BCUT2D eigenvalue weighted by atomic mass is 19.1. The number of likely N-dealkylation sites (tertiary alicyclic amines) is 1. The van der Waals surface area contributed by atoms with Gasteiger partial charge in [-0.2, -0.15) is 0 Å². The van der Waals surface area contributed by atoms with E-state index in [1.807, 2.05) is 0 Å². The molecule has 0 spiro atoms. The molecule has 1 heterocycles. The van der Waals surface area contributed by atoms with Crippen LogP contribution in [-0.4, -0.2) is 41.6 Å². The summed E-state index contributed by atoms with van der Waals surface area (Å²) in [5, 5.41) is 9.07. The van der Waals surface area contributed by atoms with Crippen LogP contribution in [0.5, 0.6) is 5.75 Å². The lowest BCUT2D eigenvalue weighted by molar-refractivity contribution is -0.143. The van der Waals surface area contributed by atoms with Crippen LogP contribution in [0.25, 0.3) is 0 Å². The summed E-state index contributed by atoms with van der Waals surface area (Å²) < 4.78 is 19.0.